The third-order valence-electron chi connectivity index (χ3n) is 6.91. The number of halogens is 2. The molecule has 0 N–H and O–H groups in total. The SMILES string of the molecule is Cc1cc(Cn2c(=O)n(Cc3cnn(C)c3)c(=O)c3cc(S(=O)(=O)CC4(C(F)F)CC4)ccc32)n(C)n1. The van der Waals surface area contributed by atoms with Crippen molar-refractivity contribution in [1.82, 2.24) is 28.7 Å². The maximum atomic E-state index is 13.6. The van der Waals surface area contributed by atoms with E-state index in [0.717, 1.165) is 10.3 Å². The topological polar surface area (TPSA) is 114 Å². The predicted molar refractivity (Wildman–Crippen MR) is 132 cm³/mol. The minimum absolute atomic E-state index is 0.00495. The van der Waals surface area contributed by atoms with E-state index in [1.54, 1.807) is 29.7 Å². The van der Waals surface area contributed by atoms with Gasteiger partial charge in [-0.25, -0.2) is 22.0 Å². The number of rotatable bonds is 8. The molecule has 1 aliphatic rings. The minimum Gasteiger partial charge on any atom is -0.287 e. The van der Waals surface area contributed by atoms with Gasteiger partial charge in [-0.2, -0.15) is 10.2 Å². The summed E-state index contributed by atoms with van der Waals surface area (Å²) < 4.78 is 58.7. The summed E-state index contributed by atoms with van der Waals surface area (Å²) in [6, 6.07) is 5.67. The van der Waals surface area contributed by atoms with Crippen molar-refractivity contribution in [2.75, 3.05) is 5.75 Å². The fourth-order valence-electron chi connectivity index (χ4n) is 4.65. The molecule has 13 heteroatoms. The van der Waals surface area contributed by atoms with E-state index < -0.39 is 38.7 Å². The van der Waals surface area contributed by atoms with Crippen LogP contribution < -0.4 is 11.2 Å². The highest BCUT2D eigenvalue weighted by atomic mass is 32.2. The Kier molecular flexibility index (Phi) is 5.93. The summed E-state index contributed by atoms with van der Waals surface area (Å²) in [6.07, 6.45) is 0.737. The first-order valence-electron chi connectivity index (χ1n) is 11.7. The lowest BCUT2D eigenvalue weighted by molar-refractivity contribution is 0.0737. The highest BCUT2D eigenvalue weighted by Gasteiger charge is 2.53. The lowest BCUT2D eigenvalue weighted by Gasteiger charge is -2.16. The zero-order valence-electron chi connectivity index (χ0n) is 20.6. The maximum Gasteiger partial charge on any atom is 0.332 e. The number of aryl methyl sites for hydroxylation is 3. The summed E-state index contributed by atoms with van der Waals surface area (Å²) in [6.45, 7) is 1.83. The van der Waals surface area contributed by atoms with Crippen LogP contribution in [0.4, 0.5) is 8.78 Å². The van der Waals surface area contributed by atoms with Gasteiger partial charge in [-0.1, -0.05) is 0 Å². The van der Waals surface area contributed by atoms with Crippen molar-refractivity contribution in [1.29, 1.82) is 0 Å². The van der Waals surface area contributed by atoms with Gasteiger partial charge >= 0.3 is 5.69 Å². The number of aromatic nitrogens is 6. The van der Waals surface area contributed by atoms with Crippen LogP contribution in [0.2, 0.25) is 0 Å². The highest BCUT2D eigenvalue weighted by Crippen LogP contribution is 2.52. The molecule has 196 valence electrons. The summed E-state index contributed by atoms with van der Waals surface area (Å²) in [5.74, 6) is -0.693. The van der Waals surface area contributed by atoms with Crippen molar-refractivity contribution < 1.29 is 17.2 Å². The Morgan fingerprint density at radius 1 is 1.08 bits per heavy atom. The molecular formula is C24H26F2N6O4S. The lowest BCUT2D eigenvalue weighted by atomic mass is 10.1. The molecule has 0 spiro atoms. The molecule has 3 aromatic heterocycles. The Morgan fingerprint density at radius 2 is 1.81 bits per heavy atom. The van der Waals surface area contributed by atoms with Gasteiger partial charge in [0.2, 0.25) is 6.43 Å². The normalized spacial score (nSPS) is 15.1. The number of benzene rings is 1. The second-order valence-electron chi connectivity index (χ2n) is 9.78. The van der Waals surface area contributed by atoms with Crippen LogP contribution in [0, 0.1) is 12.3 Å². The molecule has 10 nitrogen and oxygen atoms in total. The van der Waals surface area contributed by atoms with E-state index in [0.29, 0.717) is 11.3 Å². The number of fused-ring (bicyclic) bond motifs is 1. The average Bonchev–Trinajstić information content (AvgIpc) is 3.38. The first kappa shape index (κ1) is 25.1. The van der Waals surface area contributed by atoms with Gasteiger partial charge in [0.25, 0.3) is 5.56 Å². The van der Waals surface area contributed by atoms with E-state index in [9.17, 15) is 26.8 Å². The molecule has 0 radical (unpaired) electrons. The Hall–Kier alpha value is -3.61. The van der Waals surface area contributed by atoms with Gasteiger partial charge in [-0.3, -0.25) is 23.3 Å². The molecule has 37 heavy (non-hydrogen) atoms. The molecule has 1 aromatic carbocycles. The van der Waals surface area contributed by atoms with Crippen molar-refractivity contribution in [3.8, 4) is 0 Å². The zero-order chi connectivity index (χ0) is 26.7. The second kappa shape index (κ2) is 8.75. The predicted octanol–water partition coefficient (Wildman–Crippen LogP) is 1.85. The molecular weight excluding hydrogens is 506 g/mol. The Bertz CT molecular complexity index is 1740. The molecule has 0 unspecified atom stereocenters. The van der Waals surface area contributed by atoms with Crippen LogP contribution >= 0.6 is 0 Å². The Morgan fingerprint density at radius 3 is 2.38 bits per heavy atom. The van der Waals surface area contributed by atoms with Crippen LogP contribution in [0.3, 0.4) is 0 Å². The van der Waals surface area contributed by atoms with Crippen LogP contribution in [0.5, 0.6) is 0 Å². The standard InChI is InChI=1S/C24H26F2N6O4S/c1-15-8-17(30(3)28-15)13-31-20-5-4-18(37(35,36)14-24(6-7-24)22(25)26)9-19(20)21(33)32(23(31)34)12-16-10-27-29(2)11-16/h4-5,8-11,22H,6-7,12-14H2,1-3H3. The third-order valence-corrected chi connectivity index (χ3v) is 8.83. The molecule has 0 saturated heterocycles. The highest BCUT2D eigenvalue weighted by molar-refractivity contribution is 7.91. The molecule has 0 bridgehead atoms. The van der Waals surface area contributed by atoms with Crippen LogP contribution in [-0.2, 0) is 37.0 Å². The summed E-state index contributed by atoms with van der Waals surface area (Å²) in [5, 5.41) is 8.39. The number of hydrogen-bond donors (Lipinski definition) is 0. The van der Waals surface area contributed by atoms with Crippen molar-refractivity contribution in [2.45, 2.75) is 44.2 Å². The van der Waals surface area contributed by atoms with Crippen LogP contribution in [0.1, 0.15) is 29.8 Å². The molecule has 3 heterocycles. The minimum atomic E-state index is -4.11. The Balaban J connectivity index is 1.68. The second-order valence-corrected chi connectivity index (χ2v) is 11.8. The first-order chi connectivity index (χ1) is 17.4. The van der Waals surface area contributed by atoms with Crippen molar-refractivity contribution >= 4 is 20.7 Å². The molecule has 5 rings (SSSR count). The van der Waals surface area contributed by atoms with E-state index in [4.69, 9.17) is 0 Å². The molecule has 0 amide bonds. The number of nitrogens with zero attached hydrogens (tertiary/aromatic N) is 6. The summed E-state index contributed by atoms with van der Waals surface area (Å²) in [7, 11) is -0.659. The number of alkyl halides is 2. The first-order valence-corrected chi connectivity index (χ1v) is 13.3. The fourth-order valence-corrected chi connectivity index (χ4v) is 6.56. The zero-order valence-corrected chi connectivity index (χ0v) is 21.4. The van der Waals surface area contributed by atoms with Crippen molar-refractivity contribution in [3.63, 3.8) is 0 Å². The largest absolute Gasteiger partial charge is 0.332 e. The van der Waals surface area contributed by atoms with E-state index in [2.05, 4.69) is 10.2 Å². The number of hydrogen-bond acceptors (Lipinski definition) is 6. The van der Waals surface area contributed by atoms with Gasteiger partial charge in [0.15, 0.2) is 9.84 Å². The van der Waals surface area contributed by atoms with E-state index >= 15 is 0 Å². The summed E-state index contributed by atoms with van der Waals surface area (Å²) >= 11 is 0. The van der Waals surface area contributed by atoms with Gasteiger partial charge in [0.1, 0.15) is 0 Å². The number of sulfone groups is 1. The van der Waals surface area contributed by atoms with E-state index in [1.807, 2.05) is 13.0 Å². The summed E-state index contributed by atoms with van der Waals surface area (Å²) in [5.41, 5.74) is -0.481. The maximum absolute atomic E-state index is 13.6. The van der Waals surface area contributed by atoms with E-state index in [1.165, 1.54) is 29.0 Å². The van der Waals surface area contributed by atoms with Gasteiger partial charge in [-0.15, -0.1) is 0 Å². The van der Waals surface area contributed by atoms with Crippen LogP contribution in [-0.4, -0.2) is 49.3 Å². The van der Waals surface area contributed by atoms with Crippen molar-refractivity contribution in [2.24, 2.45) is 19.5 Å². The smallest absolute Gasteiger partial charge is 0.287 e. The summed E-state index contributed by atoms with van der Waals surface area (Å²) in [4.78, 5) is 26.8. The molecule has 0 aliphatic heterocycles. The fraction of sp³-hybridized carbons (Fsp3) is 0.417. The van der Waals surface area contributed by atoms with Gasteiger partial charge < -0.3 is 0 Å². The molecule has 4 aromatic rings. The Labute approximate surface area is 210 Å². The van der Waals surface area contributed by atoms with Crippen LogP contribution in [0.15, 0.2) is 51.1 Å². The van der Waals surface area contributed by atoms with Gasteiger partial charge in [-0.05, 0) is 44.0 Å². The average molecular weight is 533 g/mol. The quantitative estimate of drug-likeness (QED) is 0.342. The molecule has 1 aliphatic carbocycles. The van der Waals surface area contributed by atoms with E-state index in [-0.39, 0.29) is 41.7 Å². The molecule has 1 fully saturated rings. The third kappa shape index (κ3) is 4.52. The van der Waals surface area contributed by atoms with Crippen LogP contribution in [0.25, 0.3) is 10.9 Å². The van der Waals surface area contributed by atoms with Gasteiger partial charge in [0, 0.05) is 31.3 Å². The molecule has 0 atom stereocenters. The van der Waals surface area contributed by atoms with Crippen molar-refractivity contribution in [3.05, 3.63) is 74.4 Å². The lowest BCUT2D eigenvalue weighted by Crippen LogP contribution is -2.40. The van der Waals surface area contributed by atoms with Gasteiger partial charge in [0.05, 0.1) is 52.2 Å². The monoisotopic (exact) mass is 532 g/mol. The molecule has 1 saturated carbocycles.